The van der Waals surface area contributed by atoms with Crippen LogP contribution in [0, 0.1) is 12.7 Å². The van der Waals surface area contributed by atoms with Crippen molar-refractivity contribution in [2.45, 2.75) is 38.1 Å². The van der Waals surface area contributed by atoms with Crippen molar-refractivity contribution in [2.24, 2.45) is 0 Å². The Bertz CT molecular complexity index is 932. The van der Waals surface area contributed by atoms with Crippen molar-refractivity contribution in [3.05, 3.63) is 70.0 Å². The summed E-state index contributed by atoms with van der Waals surface area (Å²) in [5, 5.41) is 0. The maximum atomic E-state index is 14.2. The molecule has 1 N–H and O–H groups in total. The predicted octanol–water partition coefficient (Wildman–Crippen LogP) is 5.97. The summed E-state index contributed by atoms with van der Waals surface area (Å²) >= 11 is -2.14. The number of benzene rings is 2. The Morgan fingerprint density at radius 1 is 1.04 bits per heavy atom. The van der Waals surface area contributed by atoms with Crippen LogP contribution in [0.4, 0.5) is 17.6 Å². The van der Waals surface area contributed by atoms with E-state index in [0.717, 1.165) is 23.6 Å². The van der Waals surface area contributed by atoms with E-state index >= 15 is 0 Å². The third kappa shape index (κ3) is 4.30. The molecule has 2 nitrogen and oxygen atoms in total. The van der Waals surface area contributed by atoms with Gasteiger partial charge in [0.15, 0.2) is 11.1 Å². The lowest BCUT2D eigenvalue weighted by Gasteiger charge is -2.14. The van der Waals surface area contributed by atoms with E-state index in [0.29, 0.717) is 24.0 Å². The Hall–Kier alpha value is -1.99. The zero-order valence-corrected chi connectivity index (χ0v) is 15.4. The van der Waals surface area contributed by atoms with Crippen LogP contribution in [0.25, 0.3) is 11.1 Å². The molecule has 1 unspecified atom stereocenters. The van der Waals surface area contributed by atoms with E-state index in [-0.39, 0.29) is 16.9 Å². The van der Waals surface area contributed by atoms with E-state index in [1.165, 1.54) is 25.1 Å². The van der Waals surface area contributed by atoms with Crippen molar-refractivity contribution < 1.29 is 26.3 Å². The first-order valence-corrected chi connectivity index (χ1v) is 9.71. The quantitative estimate of drug-likeness (QED) is 0.509. The van der Waals surface area contributed by atoms with Crippen LogP contribution in [0.2, 0.25) is 0 Å². The highest BCUT2D eigenvalue weighted by molar-refractivity contribution is 7.78. The number of hydrogen-bond donors (Lipinski definition) is 1. The van der Waals surface area contributed by atoms with E-state index in [9.17, 15) is 21.8 Å². The van der Waals surface area contributed by atoms with Gasteiger partial charge in [0.05, 0.1) is 11.3 Å². The van der Waals surface area contributed by atoms with E-state index in [2.05, 4.69) is 0 Å². The Kier molecular flexibility index (Phi) is 5.53. The minimum Gasteiger partial charge on any atom is -0.306 e. The molecule has 0 saturated heterocycles. The van der Waals surface area contributed by atoms with E-state index in [4.69, 9.17) is 4.55 Å². The van der Waals surface area contributed by atoms with Crippen LogP contribution in [0.5, 0.6) is 0 Å². The van der Waals surface area contributed by atoms with E-state index in [1.54, 1.807) is 12.1 Å². The van der Waals surface area contributed by atoms with Crippen LogP contribution in [0.1, 0.15) is 47.1 Å². The first kappa shape index (κ1) is 19.8. The lowest BCUT2D eigenvalue weighted by molar-refractivity contribution is -0.138. The summed E-state index contributed by atoms with van der Waals surface area (Å²) in [7, 11) is 0. The normalized spacial score (nSPS) is 16.1. The molecule has 0 spiro atoms. The molecule has 0 aromatic heterocycles. The lowest BCUT2D eigenvalue weighted by atomic mass is 9.94. The molecule has 1 aliphatic rings. The first-order chi connectivity index (χ1) is 12.7. The van der Waals surface area contributed by atoms with Gasteiger partial charge in [-0.15, -0.1) is 0 Å². The van der Waals surface area contributed by atoms with Crippen LogP contribution >= 0.6 is 0 Å². The van der Waals surface area contributed by atoms with Gasteiger partial charge in [0.25, 0.3) is 0 Å². The average molecular weight is 398 g/mol. The molecule has 1 aliphatic carbocycles. The molecule has 3 rings (SSSR count). The summed E-state index contributed by atoms with van der Waals surface area (Å²) in [4.78, 5) is 0. The topological polar surface area (TPSA) is 37.3 Å². The Morgan fingerprint density at radius 3 is 2.19 bits per heavy atom. The molecule has 0 fully saturated rings. The first-order valence-electron chi connectivity index (χ1n) is 8.43. The molecule has 2 aromatic rings. The highest BCUT2D eigenvalue weighted by atomic mass is 32.2. The Morgan fingerprint density at radius 2 is 1.63 bits per heavy atom. The standard InChI is InChI=1S/C20H18F4O2S/c1-12-5-6-13(9-18(12)20(22,23)24)16-3-2-4-17(16)14-7-8-15(11-27(25)26)19(21)10-14/h5-10H,2-4,11H2,1H3,(H,25,26). The minimum atomic E-state index is -4.42. The maximum Gasteiger partial charge on any atom is 0.416 e. The van der Waals surface area contributed by atoms with Crippen LogP contribution < -0.4 is 0 Å². The van der Waals surface area contributed by atoms with Crippen molar-refractivity contribution in [1.29, 1.82) is 0 Å². The molecular formula is C20H18F4O2S. The summed E-state index contributed by atoms with van der Waals surface area (Å²) in [6.07, 6.45) is -2.37. The van der Waals surface area contributed by atoms with Crippen molar-refractivity contribution >= 4 is 22.2 Å². The van der Waals surface area contributed by atoms with Gasteiger partial charge >= 0.3 is 6.18 Å². The third-order valence-corrected chi connectivity index (χ3v) is 5.35. The zero-order chi connectivity index (χ0) is 19.8. The number of rotatable bonds is 4. The molecule has 0 amide bonds. The minimum absolute atomic E-state index is 0.134. The van der Waals surface area contributed by atoms with Crippen LogP contribution in [-0.4, -0.2) is 8.76 Å². The monoisotopic (exact) mass is 398 g/mol. The lowest BCUT2D eigenvalue weighted by Crippen LogP contribution is -2.08. The van der Waals surface area contributed by atoms with Gasteiger partial charge < -0.3 is 4.55 Å². The van der Waals surface area contributed by atoms with Crippen molar-refractivity contribution in [3.8, 4) is 0 Å². The van der Waals surface area contributed by atoms with Crippen LogP contribution in [0.15, 0.2) is 36.4 Å². The van der Waals surface area contributed by atoms with Gasteiger partial charge in [0.2, 0.25) is 0 Å². The van der Waals surface area contributed by atoms with Crippen molar-refractivity contribution in [3.63, 3.8) is 0 Å². The highest BCUT2D eigenvalue weighted by Gasteiger charge is 2.33. The summed E-state index contributed by atoms with van der Waals surface area (Å²) in [5.74, 6) is -0.890. The number of allylic oxidation sites excluding steroid dienone is 2. The fourth-order valence-corrected chi connectivity index (χ4v) is 3.98. The second-order valence-corrected chi connectivity index (χ2v) is 7.54. The molecule has 144 valence electrons. The highest BCUT2D eigenvalue weighted by Crippen LogP contribution is 2.42. The molecule has 2 aromatic carbocycles. The van der Waals surface area contributed by atoms with E-state index in [1.807, 2.05) is 0 Å². The molecule has 0 aliphatic heterocycles. The molecule has 1 atom stereocenters. The summed E-state index contributed by atoms with van der Waals surface area (Å²) in [6.45, 7) is 1.43. The van der Waals surface area contributed by atoms with Crippen molar-refractivity contribution in [1.82, 2.24) is 0 Å². The largest absolute Gasteiger partial charge is 0.416 e. The molecule has 0 heterocycles. The van der Waals surface area contributed by atoms with Gasteiger partial charge in [-0.3, -0.25) is 0 Å². The summed E-state index contributed by atoms with van der Waals surface area (Å²) < 4.78 is 73.7. The van der Waals surface area contributed by atoms with Crippen LogP contribution in [0.3, 0.4) is 0 Å². The van der Waals surface area contributed by atoms with Gasteiger partial charge in [-0.05, 0) is 66.2 Å². The third-order valence-electron chi connectivity index (χ3n) is 4.79. The molecule has 27 heavy (non-hydrogen) atoms. The fourth-order valence-electron chi connectivity index (χ4n) is 3.48. The predicted molar refractivity (Wildman–Crippen MR) is 97.7 cm³/mol. The molecule has 0 bridgehead atoms. The second kappa shape index (κ2) is 7.56. The zero-order valence-electron chi connectivity index (χ0n) is 14.6. The van der Waals surface area contributed by atoms with Gasteiger partial charge in [-0.2, -0.15) is 13.2 Å². The Balaban J connectivity index is 2.04. The smallest absolute Gasteiger partial charge is 0.306 e. The molecule has 0 saturated carbocycles. The SMILES string of the molecule is Cc1ccc(C2=C(c3ccc(CS(=O)O)c(F)c3)CCC2)cc1C(F)(F)F. The molecular weight excluding hydrogens is 380 g/mol. The van der Waals surface area contributed by atoms with Gasteiger partial charge in [0, 0.05) is 5.56 Å². The summed E-state index contributed by atoms with van der Waals surface area (Å²) in [6, 6.07) is 8.70. The van der Waals surface area contributed by atoms with Crippen molar-refractivity contribution in [2.75, 3.05) is 0 Å². The van der Waals surface area contributed by atoms with Gasteiger partial charge in [-0.1, -0.05) is 24.3 Å². The van der Waals surface area contributed by atoms with Gasteiger partial charge in [0.1, 0.15) is 5.82 Å². The number of alkyl halides is 3. The number of hydrogen-bond acceptors (Lipinski definition) is 1. The second-order valence-electron chi connectivity index (χ2n) is 6.61. The van der Waals surface area contributed by atoms with Gasteiger partial charge in [-0.25, -0.2) is 8.60 Å². The average Bonchev–Trinajstić information content (AvgIpc) is 3.05. The van der Waals surface area contributed by atoms with Crippen LogP contribution in [-0.2, 0) is 23.0 Å². The maximum absolute atomic E-state index is 14.2. The number of halogens is 4. The number of aryl methyl sites for hydroxylation is 1. The molecule has 0 radical (unpaired) electrons. The Labute approximate surface area is 157 Å². The summed E-state index contributed by atoms with van der Waals surface area (Å²) in [5.41, 5.74) is 2.35. The molecule has 7 heteroatoms. The fraction of sp³-hybridized carbons (Fsp3) is 0.300. The van der Waals surface area contributed by atoms with E-state index < -0.39 is 28.6 Å².